The summed E-state index contributed by atoms with van der Waals surface area (Å²) < 4.78 is 10.7. The Labute approximate surface area is 207 Å². The van der Waals surface area contributed by atoms with Crippen molar-refractivity contribution in [3.63, 3.8) is 0 Å². The van der Waals surface area contributed by atoms with Gasteiger partial charge in [-0.15, -0.1) is 0 Å². The molecule has 4 heterocycles. The van der Waals surface area contributed by atoms with Crippen LogP contribution < -0.4 is 4.90 Å². The van der Waals surface area contributed by atoms with E-state index in [0.29, 0.717) is 65.5 Å². The maximum Gasteiger partial charge on any atom is 0.259 e. The van der Waals surface area contributed by atoms with Crippen LogP contribution in [-0.2, 0) is 0 Å². The molecule has 1 aromatic carbocycles. The molecule has 0 atom stereocenters. The third-order valence-corrected chi connectivity index (χ3v) is 6.37. The lowest BCUT2D eigenvalue weighted by Crippen LogP contribution is -2.49. The van der Waals surface area contributed by atoms with Crippen molar-refractivity contribution in [2.45, 2.75) is 26.7 Å². The van der Waals surface area contributed by atoms with Gasteiger partial charge in [0, 0.05) is 49.4 Å². The molecule has 0 radical (unpaired) electrons. The third kappa shape index (κ3) is 4.51. The molecule has 180 valence electrons. The molecule has 10 heteroatoms. The highest BCUT2D eigenvalue weighted by atomic mass is 35.5. The molecule has 1 saturated heterocycles. The van der Waals surface area contributed by atoms with E-state index < -0.39 is 0 Å². The minimum absolute atomic E-state index is 0.111. The third-order valence-electron chi connectivity index (χ3n) is 6.04. The van der Waals surface area contributed by atoms with Crippen LogP contribution in [0.4, 0.5) is 5.82 Å². The topological polar surface area (TPSA) is 101 Å². The zero-order chi connectivity index (χ0) is 24.5. The molecule has 1 aliphatic heterocycles. The van der Waals surface area contributed by atoms with Gasteiger partial charge in [0.05, 0.1) is 5.02 Å². The Hall–Kier alpha value is -3.72. The van der Waals surface area contributed by atoms with Crippen molar-refractivity contribution in [2.24, 2.45) is 0 Å². The van der Waals surface area contributed by atoms with E-state index in [1.165, 1.54) is 0 Å². The van der Waals surface area contributed by atoms with E-state index in [1.807, 2.05) is 49.1 Å². The van der Waals surface area contributed by atoms with Crippen molar-refractivity contribution >= 4 is 23.3 Å². The highest BCUT2D eigenvalue weighted by molar-refractivity contribution is 6.33. The largest absolute Gasteiger partial charge is 0.360 e. The van der Waals surface area contributed by atoms with Gasteiger partial charge in [0.1, 0.15) is 22.8 Å². The molecule has 0 spiro atoms. The molecule has 0 bridgehead atoms. The number of aromatic nitrogens is 4. The fourth-order valence-electron chi connectivity index (χ4n) is 4.05. The number of carbonyl (C=O) groups is 1. The summed E-state index contributed by atoms with van der Waals surface area (Å²) >= 11 is 6.35. The second-order valence-corrected chi connectivity index (χ2v) is 9.14. The first-order chi connectivity index (χ1) is 16.9. The van der Waals surface area contributed by atoms with Crippen molar-refractivity contribution in [1.82, 2.24) is 25.2 Å². The number of aryl methyl sites for hydroxylation is 1. The number of nitrogens with zero attached hydrogens (tertiary/aromatic N) is 6. The monoisotopic (exact) mass is 492 g/mol. The molecule has 35 heavy (non-hydrogen) atoms. The van der Waals surface area contributed by atoms with Gasteiger partial charge in [0.2, 0.25) is 11.7 Å². The Balaban J connectivity index is 1.27. The molecule has 3 aromatic heterocycles. The van der Waals surface area contributed by atoms with Gasteiger partial charge >= 0.3 is 0 Å². The number of rotatable bonds is 5. The highest BCUT2D eigenvalue weighted by Crippen LogP contribution is 2.32. The summed E-state index contributed by atoms with van der Waals surface area (Å²) in [6.07, 6.45) is 1.75. The predicted octanol–water partition coefficient (Wildman–Crippen LogP) is 4.83. The van der Waals surface area contributed by atoms with Gasteiger partial charge in [0.25, 0.3) is 5.91 Å². The Bertz CT molecular complexity index is 1340. The molecule has 4 aromatic rings. The van der Waals surface area contributed by atoms with Crippen LogP contribution in [0.15, 0.2) is 51.6 Å². The lowest BCUT2D eigenvalue weighted by Gasteiger charge is -2.35. The number of carbonyl (C=O) groups excluding carboxylic acids is 1. The van der Waals surface area contributed by atoms with Crippen LogP contribution >= 0.6 is 11.6 Å². The molecule has 9 nitrogen and oxygen atoms in total. The van der Waals surface area contributed by atoms with Crippen molar-refractivity contribution in [1.29, 1.82) is 0 Å². The van der Waals surface area contributed by atoms with Gasteiger partial charge < -0.3 is 18.8 Å². The zero-order valence-electron chi connectivity index (χ0n) is 19.7. The maximum atomic E-state index is 13.4. The first kappa shape index (κ1) is 23.0. The second kappa shape index (κ2) is 9.50. The molecule has 0 aliphatic carbocycles. The summed E-state index contributed by atoms with van der Waals surface area (Å²) in [6.45, 7) is 8.17. The number of hydrogen-bond donors (Lipinski definition) is 0. The van der Waals surface area contributed by atoms with Gasteiger partial charge in [0.15, 0.2) is 0 Å². The summed E-state index contributed by atoms with van der Waals surface area (Å²) in [5.74, 6) is 2.51. The lowest BCUT2D eigenvalue weighted by molar-refractivity contribution is 0.0745. The van der Waals surface area contributed by atoms with E-state index in [-0.39, 0.29) is 11.8 Å². The van der Waals surface area contributed by atoms with Gasteiger partial charge in [-0.05, 0) is 25.1 Å². The standard InChI is InChI=1S/C25H25ClN6O3/c1-15(2)24-28-23(30-35-24)17-8-9-20(27-14-17)31-10-12-32(13-11-31)25(33)21-16(3)34-29-22(21)18-6-4-5-7-19(18)26/h4-9,14-15H,10-13H2,1-3H3. The normalized spacial score (nSPS) is 14.1. The number of benzene rings is 1. The number of piperazine rings is 1. The molecule has 0 N–H and O–H groups in total. The van der Waals surface area contributed by atoms with Crippen LogP contribution in [0.1, 0.15) is 41.8 Å². The Morgan fingerprint density at radius 1 is 1.03 bits per heavy atom. The molecule has 0 unspecified atom stereocenters. The summed E-state index contributed by atoms with van der Waals surface area (Å²) in [6, 6.07) is 11.2. The number of pyridine rings is 1. The maximum absolute atomic E-state index is 13.4. The number of amides is 1. The fraction of sp³-hybridized carbons (Fsp3) is 0.320. The van der Waals surface area contributed by atoms with Gasteiger partial charge in [-0.25, -0.2) is 4.98 Å². The average Bonchev–Trinajstić information content (AvgIpc) is 3.52. The quantitative estimate of drug-likeness (QED) is 0.390. The van der Waals surface area contributed by atoms with E-state index in [9.17, 15) is 4.79 Å². The van der Waals surface area contributed by atoms with Crippen LogP contribution in [0.2, 0.25) is 5.02 Å². The van der Waals surface area contributed by atoms with Crippen LogP contribution in [-0.4, -0.2) is 57.3 Å². The minimum Gasteiger partial charge on any atom is -0.360 e. The van der Waals surface area contributed by atoms with Gasteiger partial charge in [-0.2, -0.15) is 4.98 Å². The minimum atomic E-state index is -0.111. The first-order valence-corrected chi connectivity index (χ1v) is 11.9. The van der Waals surface area contributed by atoms with Crippen molar-refractivity contribution in [3.8, 4) is 22.6 Å². The number of halogens is 1. The van der Waals surface area contributed by atoms with Crippen LogP contribution in [0.3, 0.4) is 0 Å². The molecular weight excluding hydrogens is 468 g/mol. The van der Waals surface area contributed by atoms with E-state index in [1.54, 1.807) is 19.2 Å². The Morgan fingerprint density at radius 3 is 2.46 bits per heavy atom. The smallest absolute Gasteiger partial charge is 0.259 e. The molecule has 0 saturated carbocycles. The molecule has 1 fully saturated rings. The van der Waals surface area contributed by atoms with Gasteiger partial charge in [-0.1, -0.05) is 54.0 Å². The molecule has 5 rings (SSSR count). The van der Waals surface area contributed by atoms with E-state index in [2.05, 4.69) is 25.2 Å². The van der Waals surface area contributed by atoms with Crippen molar-refractivity contribution < 1.29 is 13.8 Å². The number of hydrogen-bond acceptors (Lipinski definition) is 8. The summed E-state index contributed by atoms with van der Waals surface area (Å²) in [5.41, 5.74) is 2.41. The van der Waals surface area contributed by atoms with Crippen molar-refractivity contribution in [3.05, 3.63) is 64.8 Å². The lowest BCUT2D eigenvalue weighted by atomic mass is 10.0. The first-order valence-electron chi connectivity index (χ1n) is 11.5. The van der Waals surface area contributed by atoms with E-state index >= 15 is 0 Å². The Kier molecular flexibility index (Phi) is 6.25. The molecule has 1 aliphatic rings. The van der Waals surface area contributed by atoms with E-state index in [0.717, 1.165) is 11.4 Å². The van der Waals surface area contributed by atoms with Crippen LogP contribution in [0, 0.1) is 6.92 Å². The molecule has 1 amide bonds. The average molecular weight is 493 g/mol. The summed E-state index contributed by atoms with van der Waals surface area (Å²) in [7, 11) is 0. The molecular formula is C25H25ClN6O3. The van der Waals surface area contributed by atoms with Gasteiger partial charge in [-0.3, -0.25) is 4.79 Å². The summed E-state index contributed by atoms with van der Waals surface area (Å²) in [5, 5.41) is 8.69. The van der Waals surface area contributed by atoms with E-state index in [4.69, 9.17) is 20.6 Å². The number of anilines is 1. The SMILES string of the molecule is Cc1onc(-c2ccccc2Cl)c1C(=O)N1CCN(c2ccc(-c3noc(C(C)C)n3)cn2)CC1. The fourth-order valence-corrected chi connectivity index (χ4v) is 4.28. The Morgan fingerprint density at radius 2 is 1.80 bits per heavy atom. The van der Waals surface area contributed by atoms with Crippen molar-refractivity contribution in [2.75, 3.05) is 31.1 Å². The van der Waals surface area contributed by atoms with Crippen LogP contribution in [0.25, 0.3) is 22.6 Å². The zero-order valence-corrected chi connectivity index (χ0v) is 20.5. The highest BCUT2D eigenvalue weighted by Gasteiger charge is 2.29. The summed E-state index contributed by atoms with van der Waals surface area (Å²) in [4.78, 5) is 26.4. The second-order valence-electron chi connectivity index (χ2n) is 8.74. The predicted molar refractivity (Wildman–Crippen MR) is 131 cm³/mol. The van der Waals surface area contributed by atoms with Crippen LogP contribution in [0.5, 0.6) is 0 Å².